The summed E-state index contributed by atoms with van der Waals surface area (Å²) in [5.41, 5.74) is 0. The fourth-order valence-corrected chi connectivity index (χ4v) is 0.908. The van der Waals surface area contributed by atoms with E-state index in [1.165, 1.54) is 19.3 Å². The fraction of sp³-hybridized carbons (Fsp3) is 1.00. The Bertz CT molecular complexity index is 35.2. The summed E-state index contributed by atoms with van der Waals surface area (Å²) in [4.78, 5) is 0. The molecule has 0 amide bonds. The third kappa shape index (κ3) is 4.38. The topological polar surface area (TPSA) is 0 Å². The molecule has 0 aliphatic rings. The second-order valence-corrected chi connectivity index (χ2v) is 2.90. The van der Waals surface area contributed by atoms with Crippen molar-refractivity contribution in [1.82, 2.24) is 0 Å². The van der Waals surface area contributed by atoms with Crippen molar-refractivity contribution < 1.29 is 0 Å². The molecular weight excluding hydrogens is 99.0 g/mol. The maximum absolute atomic E-state index is 2.85. The van der Waals surface area contributed by atoms with Crippen LogP contribution in [0.25, 0.3) is 0 Å². The van der Waals surface area contributed by atoms with E-state index in [-0.39, 0.29) is 0 Å². The summed E-state index contributed by atoms with van der Waals surface area (Å²) in [6, 6.07) is 0. The molecule has 0 nitrogen and oxygen atoms in total. The molecule has 0 bridgehead atoms. The average Bonchev–Trinajstić information content (AvgIpc) is 1.68. The first-order valence-corrected chi connectivity index (χ1v) is 3.73. The van der Waals surface area contributed by atoms with E-state index >= 15 is 0 Å². The number of rotatable bonds is 3. The van der Waals surface area contributed by atoms with Crippen molar-refractivity contribution in [1.29, 1.82) is 0 Å². The van der Waals surface area contributed by atoms with Crippen LogP contribution in [0.5, 0.6) is 0 Å². The Morgan fingerprint density at radius 2 is 2.00 bits per heavy atom. The molecule has 0 aromatic heterocycles. The Morgan fingerprint density at radius 1 is 1.43 bits per heavy atom. The van der Waals surface area contributed by atoms with Gasteiger partial charge in [-0.05, 0) is 0 Å². The molecule has 1 unspecified atom stereocenters. The van der Waals surface area contributed by atoms with Crippen LogP contribution < -0.4 is 0 Å². The molecule has 38 valence electrons. The normalized spacial score (nSPS) is 14.3. The molecule has 0 N–H and O–H groups in total. The van der Waals surface area contributed by atoms with E-state index in [0.29, 0.717) is 0 Å². The van der Waals surface area contributed by atoms with Crippen LogP contribution in [0.2, 0.25) is 4.78 Å². The van der Waals surface area contributed by atoms with E-state index in [4.69, 9.17) is 0 Å². The van der Waals surface area contributed by atoms with Gasteiger partial charge >= 0.3 is 54.2 Å². The zero-order valence-electron chi connectivity index (χ0n) is 5.28. The third-order valence-corrected chi connectivity index (χ3v) is 1.99. The summed E-state index contributed by atoms with van der Waals surface area (Å²) in [5, 5.41) is 0. The monoisotopic (exact) mass is 112 g/mol. The van der Waals surface area contributed by atoms with Gasteiger partial charge in [-0.3, -0.25) is 0 Å². The Morgan fingerprint density at radius 3 is 2.14 bits per heavy atom. The number of hydrogen-bond acceptors (Lipinski definition) is 0. The summed E-state index contributed by atoms with van der Waals surface area (Å²) in [7, 11) is 0. The first-order chi connectivity index (χ1) is 3.31. The van der Waals surface area contributed by atoms with E-state index in [9.17, 15) is 0 Å². The van der Waals surface area contributed by atoms with Gasteiger partial charge in [0, 0.05) is 0 Å². The second-order valence-electron chi connectivity index (χ2n) is 1.96. The molecule has 0 heterocycles. The van der Waals surface area contributed by atoms with Crippen LogP contribution in [0.3, 0.4) is 0 Å². The molecule has 1 heteroatoms. The predicted octanol–water partition coefficient (Wildman–Crippen LogP) is 2.15. The maximum atomic E-state index is 2.85. The van der Waals surface area contributed by atoms with Crippen molar-refractivity contribution >= 4 is 16.3 Å². The van der Waals surface area contributed by atoms with Crippen LogP contribution in [0.15, 0.2) is 0 Å². The van der Waals surface area contributed by atoms with Gasteiger partial charge < -0.3 is 0 Å². The first kappa shape index (κ1) is 7.53. The molecule has 0 aliphatic heterocycles. The molecular formula is C6H13Al+2. The van der Waals surface area contributed by atoms with Crippen molar-refractivity contribution in [3.63, 3.8) is 0 Å². The summed E-state index contributed by atoms with van der Waals surface area (Å²) >= 11 is 2.85. The van der Waals surface area contributed by atoms with Crippen molar-refractivity contribution in [2.45, 2.75) is 37.9 Å². The van der Waals surface area contributed by atoms with Crippen LogP contribution in [-0.2, 0) is 0 Å². The molecule has 0 saturated heterocycles. The Kier molecular flexibility index (Phi) is 5.04. The van der Waals surface area contributed by atoms with E-state index in [2.05, 4.69) is 30.1 Å². The molecule has 0 aromatic rings. The molecule has 0 aliphatic carbocycles. The zero-order valence-corrected chi connectivity index (χ0v) is 6.43. The van der Waals surface area contributed by atoms with Gasteiger partial charge in [0.25, 0.3) is 0 Å². The van der Waals surface area contributed by atoms with E-state index < -0.39 is 0 Å². The van der Waals surface area contributed by atoms with Gasteiger partial charge in [0.05, 0.1) is 0 Å². The Hall–Kier alpha value is 0.532. The standard InChI is InChI=1S/C6H13.Al/c1-3-5-6-4-2;/h5H,3-4,6H2,1-2H3;/q;+2. The van der Waals surface area contributed by atoms with Crippen LogP contribution in [0, 0.1) is 0 Å². The summed E-state index contributed by atoms with van der Waals surface area (Å²) in [6.07, 6.45) is 3.99. The van der Waals surface area contributed by atoms with Gasteiger partial charge in [-0.1, -0.05) is 0 Å². The summed E-state index contributed by atoms with van der Waals surface area (Å²) in [5.74, 6) is 0. The molecule has 0 saturated carbocycles. The van der Waals surface area contributed by atoms with Crippen LogP contribution >= 0.6 is 0 Å². The third-order valence-electron chi connectivity index (χ3n) is 1.18. The summed E-state index contributed by atoms with van der Waals surface area (Å²) < 4.78 is 0.866. The van der Waals surface area contributed by atoms with Gasteiger partial charge in [0.1, 0.15) is 0 Å². The van der Waals surface area contributed by atoms with E-state index in [0.717, 1.165) is 4.78 Å². The van der Waals surface area contributed by atoms with Crippen molar-refractivity contribution in [3.05, 3.63) is 0 Å². The zero-order chi connectivity index (χ0) is 5.70. The molecule has 0 radical (unpaired) electrons. The van der Waals surface area contributed by atoms with Gasteiger partial charge in [-0.2, -0.15) is 0 Å². The van der Waals surface area contributed by atoms with E-state index in [1.807, 2.05) is 0 Å². The first-order valence-electron chi connectivity index (χ1n) is 3.06. The molecule has 0 fully saturated rings. The quantitative estimate of drug-likeness (QED) is 0.491. The average molecular weight is 112 g/mol. The van der Waals surface area contributed by atoms with Crippen molar-refractivity contribution in [2.24, 2.45) is 0 Å². The molecule has 7 heavy (non-hydrogen) atoms. The molecule has 0 aromatic carbocycles. The van der Waals surface area contributed by atoms with E-state index in [1.54, 1.807) is 0 Å². The van der Waals surface area contributed by atoms with Crippen LogP contribution in [0.4, 0.5) is 0 Å². The minimum absolute atomic E-state index is 0.866. The van der Waals surface area contributed by atoms with Crippen molar-refractivity contribution in [2.75, 3.05) is 0 Å². The number of hydrogen-bond donors (Lipinski definition) is 0. The predicted molar refractivity (Wildman–Crippen MR) is 34.7 cm³/mol. The van der Waals surface area contributed by atoms with Gasteiger partial charge in [0.2, 0.25) is 0 Å². The molecule has 0 spiro atoms. The van der Waals surface area contributed by atoms with Gasteiger partial charge in [0.15, 0.2) is 0 Å². The molecule has 1 atom stereocenters. The van der Waals surface area contributed by atoms with Crippen LogP contribution in [0.1, 0.15) is 33.1 Å². The Balaban J connectivity index is 2.83. The van der Waals surface area contributed by atoms with Gasteiger partial charge in [-0.25, -0.2) is 0 Å². The Labute approximate surface area is 54.7 Å². The molecule has 0 rings (SSSR count). The minimum atomic E-state index is 0.866. The van der Waals surface area contributed by atoms with Crippen molar-refractivity contribution in [3.8, 4) is 0 Å². The SMILES string of the molecule is CCC[CH]([Al+2])CC. The van der Waals surface area contributed by atoms with Gasteiger partial charge in [-0.15, -0.1) is 0 Å². The second kappa shape index (κ2) is 4.69. The summed E-state index contributed by atoms with van der Waals surface area (Å²) in [6.45, 7) is 4.46. The van der Waals surface area contributed by atoms with Crippen LogP contribution in [-0.4, -0.2) is 16.3 Å². The fourth-order valence-electron chi connectivity index (χ4n) is 0.575.